The Morgan fingerprint density at radius 1 is 0.667 bits per heavy atom. The van der Waals surface area contributed by atoms with Crippen LogP contribution in [0.15, 0.2) is 94.7 Å². The van der Waals surface area contributed by atoms with Crippen molar-refractivity contribution >= 4 is 59.9 Å². The average molecular weight is 875 g/mol. The third kappa shape index (κ3) is 10.7. The number of carbonyl (C=O) groups is 4. The minimum Gasteiger partial charge on any atom is -0.342 e. The highest BCUT2D eigenvalue weighted by Gasteiger charge is 2.32. The van der Waals surface area contributed by atoms with E-state index in [4.69, 9.17) is 0 Å². The number of hydrogen-bond acceptors (Lipinski definition) is 11. The fraction of sp³-hybridized carbons (Fsp3) is 0.304. The molecule has 0 saturated carbocycles. The monoisotopic (exact) mass is 874 g/mol. The Labute approximate surface area is 369 Å². The molecule has 2 fully saturated rings. The van der Waals surface area contributed by atoms with Gasteiger partial charge in [0.1, 0.15) is 0 Å². The van der Waals surface area contributed by atoms with Gasteiger partial charge in [-0.3, -0.25) is 50.0 Å². The predicted molar refractivity (Wildman–Crippen MR) is 243 cm³/mol. The Bertz CT molecular complexity index is 2290. The van der Waals surface area contributed by atoms with Crippen molar-refractivity contribution in [2.45, 2.75) is 61.7 Å². The summed E-state index contributed by atoms with van der Waals surface area (Å²) in [5.74, 6) is -0.772. The van der Waals surface area contributed by atoms with Gasteiger partial charge < -0.3 is 20.4 Å². The topological polar surface area (TPSA) is 209 Å². The molecule has 2 unspecified atom stereocenters. The molecule has 16 nitrogen and oxygen atoms in total. The molecule has 0 radical (unpaired) electrons. The van der Waals surface area contributed by atoms with Crippen molar-refractivity contribution in [3.8, 4) is 22.3 Å². The summed E-state index contributed by atoms with van der Waals surface area (Å²) in [6, 6.07) is 21.1. The zero-order valence-corrected chi connectivity index (χ0v) is 36.2. The molecule has 2 saturated heterocycles. The van der Waals surface area contributed by atoms with Crippen LogP contribution in [0, 0.1) is 20.2 Å². The minimum absolute atomic E-state index is 0.0446. The SMILES string of the molecule is CC(C)c1ccccc1-c1c(C=CC(=O)N2CCNC(NC=O)C2)ccc(Sc2ccc(C=CC(=O)N3CCNC(NC=O)C3)c(-c3ccccc3C(C)C)c2[N+](=O)[O-])c1[N+](=O)[O-]. The van der Waals surface area contributed by atoms with Crippen LogP contribution in [-0.2, 0) is 19.2 Å². The first-order valence-corrected chi connectivity index (χ1v) is 21.4. The molecule has 2 atom stereocenters. The van der Waals surface area contributed by atoms with Gasteiger partial charge in [-0.2, -0.15) is 0 Å². The van der Waals surface area contributed by atoms with Gasteiger partial charge in [-0.15, -0.1) is 0 Å². The van der Waals surface area contributed by atoms with Crippen LogP contribution in [0.25, 0.3) is 34.4 Å². The molecule has 0 spiro atoms. The van der Waals surface area contributed by atoms with E-state index in [2.05, 4.69) is 21.3 Å². The second-order valence-corrected chi connectivity index (χ2v) is 16.8. The summed E-state index contributed by atoms with van der Waals surface area (Å²) < 4.78 is 0. The molecule has 17 heteroatoms. The number of benzene rings is 4. The Balaban J connectivity index is 1.50. The first kappa shape index (κ1) is 45.8. The molecule has 4 aromatic rings. The smallest absolute Gasteiger partial charge is 0.291 e. The predicted octanol–water partition coefficient (Wildman–Crippen LogP) is 6.27. The lowest BCUT2D eigenvalue weighted by Gasteiger charge is -2.32. The third-order valence-electron chi connectivity index (χ3n) is 11.0. The molecule has 2 heterocycles. The maximum Gasteiger partial charge on any atom is 0.291 e. The molecule has 6 rings (SSSR count). The quantitative estimate of drug-likeness (QED) is 0.0427. The van der Waals surface area contributed by atoms with E-state index < -0.39 is 22.2 Å². The number of piperazine rings is 2. The van der Waals surface area contributed by atoms with Gasteiger partial charge >= 0.3 is 0 Å². The second kappa shape index (κ2) is 20.9. The summed E-state index contributed by atoms with van der Waals surface area (Å²) in [6.07, 6.45) is 6.10. The summed E-state index contributed by atoms with van der Waals surface area (Å²) in [5.41, 5.74) is 3.54. The van der Waals surface area contributed by atoms with Crippen molar-refractivity contribution in [2.75, 3.05) is 39.3 Å². The van der Waals surface area contributed by atoms with Gasteiger partial charge in [0, 0.05) is 38.3 Å². The molecule has 0 aromatic heterocycles. The normalized spacial score (nSPS) is 16.7. The lowest BCUT2D eigenvalue weighted by molar-refractivity contribution is -0.387. The van der Waals surface area contributed by atoms with Crippen molar-refractivity contribution in [1.29, 1.82) is 0 Å². The second-order valence-electron chi connectivity index (χ2n) is 15.7. The summed E-state index contributed by atoms with van der Waals surface area (Å²) in [6.45, 7) is 10.1. The van der Waals surface area contributed by atoms with Gasteiger partial charge in [-0.25, -0.2) is 0 Å². The number of hydrogen-bond donors (Lipinski definition) is 4. The Hall–Kier alpha value is -6.69. The molecular formula is C46H50N8O8S. The Morgan fingerprint density at radius 2 is 1.06 bits per heavy atom. The summed E-state index contributed by atoms with van der Waals surface area (Å²) in [4.78, 5) is 78.3. The minimum atomic E-state index is -0.491. The molecule has 4 N–H and O–H groups in total. The first-order valence-electron chi connectivity index (χ1n) is 20.6. The van der Waals surface area contributed by atoms with Crippen molar-refractivity contribution in [3.63, 3.8) is 0 Å². The van der Waals surface area contributed by atoms with Crippen LogP contribution in [0.3, 0.4) is 0 Å². The fourth-order valence-corrected chi connectivity index (χ4v) is 9.00. The van der Waals surface area contributed by atoms with Gasteiger partial charge in [0.05, 0.1) is 56.2 Å². The molecule has 2 aliphatic heterocycles. The van der Waals surface area contributed by atoms with E-state index in [0.29, 0.717) is 61.3 Å². The number of rotatable bonds is 16. The first-order chi connectivity index (χ1) is 30.3. The number of nitrogens with one attached hydrogen (secondary N) is 4. The van der Waals surface area contributed by atoms with E-state index in [1.807, 2.05) is 52.0 Å². The zero-order valence-electron chi connectivity index (χ0n) is 35.4. The number of nitro benzene ring substituents is 2. The number of nitro groups is 2. The van der Waals surface area contributed by atoms with Crippen LogP contribution in [0.1, 0.15) is 61.8 Å². The van der Waals surface area contributed by atoms with Crippen LogP contribution in [0.2, 0.25) is 0 Å². The Morgan fingerprint density at radius 3 is 1.43 bits per heavy atom. The van der Waals surface area contributed by atoms with Gasteiger partial charge in [0.25, 0.3) is 11.4 Å². The van der Waals surface area contributed by atoms with Gasteiger partial charge in [0.15, 0.2) is 0 Å². The van der Waals surface area contributed by atoms with E-state index in [1.54, 1.807) is 70.5 Å². The third-order valence-corrected chi connectivity index (χ3v) is 12.1. The van der Waals surface area contributed by atoms with Crippen molar-refractivity contribution in [1.82, 2.24) is 31.1 Å². The summed E-state index contributed by atoms with van der Waals surface area (Å²) in [5, 5.41) is 38.3. The summed E-state index contributed by atoms with van der Waals surface area (Å²) >= 11 is 0.898. The fourth-order valence-electron chi connectivity index (χ4n) is 7.94. The van der Waals surface area contributed by atoms with E-state index in [9.17, 15) is 39.4 Å². The highest BCUT2D eigenvalue weighted by atomic mass is 32.2. The molecule has 4 aromatic carbocycles. The van der Waals surface area contributed by atoms with E-state index in [0.717, 1.165) is 22.9 Å². The van der Waals surface area contributed by atoms with Crippen LogP contribution in [0.4, 0.5) is 11.4 Å². The highest BCUT2D eigenvalue weighted by Crippen LogP contribution is 2.50. The molecule has 0 bridgehead atoms. The van der Waals surface area contributed by atoms with Crippen molar-refractivity contribution in [3.05, 3.63) is 127 Å². The zero-order chi connectivity index (χ0) is 45.2. The molecule has 4 amide bonds. The van der Waals surface area contributed by atoms with Crippen molar-refractivity contribution in [2.24, 2.45) is 0 Å². The highest BCUT2D eigenvalue weighted by molar-refractivity contribution is 7.99. The maximum absolute atomic E-state index is 13.5. The largest absolute Gasteiger partial charge is 0.342 e. The standard InChI is InChI=1S/C46H50N8O8S/c1-29(2)33-9-5-7-11-35(33)43-31(15-19-41(57)51-23-21-47-39(25-51)49-27-55)13-17-37(45(43)53(59)60)63-38-18-14-32(16-20-42(58)52-24-22-48-40(26-52)50-28-56)44(46(38)54(61)62)36-12-8-6-10-34(36)30(3)4/h5-20,27-30,39-40,47-48H,21-26H2,1-4H3,(H,49,55)(H,50,56). The van der Waals surface area contributed by atoms with E-state index >= 15 is 0 Å². The summed E-state index contributed by atoms with van der Waals surface area (Å²) in [7, 11) is 0. The van der Waals surface area contributed by atoms with Crippen LogP contribution in [0.5, 0.6) is 0 Å². The van der Waals surface area contributed by atoms with Crippen LogP contribution >= 0.6 is 11.8 Å². The van der Waals surface area contributed by atoms with E-state index in [1.165, 1.54) is 12.2 Å². The number of amides is 4. The molecular weight excluding hydrogens is 825 g/mol. The Kier molecular flexibility index (Phi) is 15.2. The molecule has 0 aliphatic carbocycles. The number of nitrogens with zero attached hydrogens (tertiary/aromatic N) is 4. The maximum atomic E-state index is 13.5. The van der Waals surface area contributed by atoms with Crippen LogP contribution < -0.4 is 21.3 Å². The van der Waals surface area contributed by atoms with Gasteiger partial charge in [-0.1, -0.05) is 100 Å². The molecule has 328 valence electrons. The lowest BCUT2D eigenvalue weighted by atomic mass is 9.89. The van der Waals surface area contributed by atoms with Crippen LogP contribution in [-0.4, -0.2) is 95.9 Å². The molecule has 63 heavy (non-hydrogen) atoms. The lowest BCUT2D eigenvalue weighted by Crippen LogP contribution is -2.57. The van der Waals surface area contributed by atoms with E-state index in [-0.39, 0.29) is 69.0 Å². The average Bonchev–Trinajstić information content (AvgIpc) is 3.27. The van der Waals surface area contributed by atoms with Gasteiger partial charge in [0.2, 0.25) is 24.6 Å². The molecule has 2 aliphatic rings. The van der Waals surface area contributed by atoms with Gasteiger partial charge in [-0.05, 0) is 69.5 Å². The van der Waals surface area contributed by atoms with Crippen molar-refractivity contribution < 1.29 is 29.0 Å². The number of carbonyl (C=O) groups excluding carboxylic acids is 4.